The van der Waals surface area contributed by atoms with Crippen LogP contribution in [-0.2, 0) is 0 Å². The van der Waals surface area contributed by atoms with Gasteiger partial charge in [-0.15, -0.1) is 0 Å². The molecule has 0 atom stereocenters. The van der Waals surface area contributed by atoms with Gasteiger partial charge in [0.25, 0.3) is 0 Å². The van der Waals surface area contributed by atoms with Crippen molar-refractivity contribution in [2.45, 2.75) is 5.16 Å². The fourth-order valence-electron chi connectivity index (χ4n) is 1.15. The molecule has 72 valence electrons. The zero-order valence-electron chi connectivity index (χ0n) is 7.29. The van der Waals surface area contributed by atoms with Gasteiger partial charge in [0.1, 0.15) is 5.15 Å². The fraction of sp³-hybridized carbons (Fsp3) is 0.111. The first-order valence-electron chi connectivity index (χ1n) is 3.88. The van der Waals surface area contributed by atoms with Gasteiger partial charge in [0.15, 0.2) is 5.16 Å². The second-order valence-corrected chi connectivity index (χ2v) is 4.18. The fourth-order valence-corrected chi connectivity index (χ4v) is 2.02. The summed E-state index contributed by atoms with van der Waals surface area (Å²) in [6, 6.07) is 5.48. The number of benzene rings is 1. The highest BCUT2D eigenvalue weighted by Crippen LogP contribution is 2.27. The summed E-state index contributed by atoms with van der Waals surface area (Å²) < 4.78 is 0. The van der Waals surface area contributed by atoms with Gasteiger partial charge in [-0.1, -0.05) is 41.0 Å². The van der Waals surface area contributed by atoms with E-state index >= 15 is 0 Å². The third-order valence-electron chi connectivity index (χ3n) is 1.79. The molecule has 0 unspecified atom stereocenters. The van der Waals surface area contributed by atoms with Crippen LogP contribution in [-0.4, -0.2) is 16.2 Å². The zero-order valence-corrected chi connectivity index (χ0v) is 9.62. The topological polar surface area (TPSA) is 25.8 Å². The van der Waals surface area contributed by atoms with Gasteiger partial charge in [0, 0.05) is 5.39 Å². The Hall–Kier alpha value is -0.510. The zero-order chi connectivity index (χ0) is 10.1. The molecule has 0 N–H and O–H groups in total. The molecule has 2 nitrogen and oxygen atoms in total. The van der Waals surface area contributed by atoms with Gasteiger partial charge in [-0.3, -0.25) is 0 Å². The van der Waals surface area contributed by atoms with Crippen LogP contribution in [0.25, 0.3) is 10.9 Å². The van der Waals surface area contributed by atoms with E-state index in [1.54, 1.807) is 6.07 Å². The van der Waals surface area contributed by atoms with Crippen LogP contribution in [0.3, 0.4) is 0 Å². The van der Waals surface area contributed by atoms with Crippen LogP contribution < -0.4 is 0 Å². The Kier molecular flexibility index (Phi) is 2.81. The smallest absolute Gasteiger partial charge is 0.189 e. The van der Waals surface area contributed by atoms with Crippen LogP contribution in [0.4, 0.5) is 0 Å². The lowest BCUT2D eigenvalue weighted by molar-refractivity contribution is 1.01. The van der Waals surface area contributed by atoms with Crippen molar-refractivity contribution in [1.29, 1.82) is 0 Å². The summed E-state index contributed by atoms with van der Waals surface area (Å²) in [6.07, 6.45) is 1.90. The van der Waals surface area contributed by atoms with Crippen molar-refractivity contribution in [3.05, 3.63) is 28.4 Å². The van der Waals surface area contributed by atoms with Crippen LogP contribution in [0.15, 0.2) is 23.4 Å². The lowest BCUT2D eigenvalue weighted by Gasteiger charge is -2.02. The van der Waals surface area contributed by atoms with Crippen LogP contribution in [0.2, 0.25) is 10.2 Å². The number of fused-ring (bicyclic) bond motifs is 1. The Balaban J connectivity index is 2.83. The summed E-state index contributed by atoms with van der Waals surface area (Å²) in [4.78, 5) is 8.41. The van der Waals surface area contributed by atoms with E-state index in [4.69, 9.17) is 23.2 Å². The van der Waals surface area contributed by atoms with Crippen molar-refractivity contribution in [2.24, 2.45) is 0 Å². The van der Waals surface area contributed by atoms with Crippen molar-refractivity contribution >= 4 is 45.9 Å². The lowest BCUT2D eigenvalue weighted by atomic mass is 10.2. The van der Waals surface area contributed by atoms with Crippen molar-refractivity contribution in [1.82, 2.24) is 9.97 Å². The predicted octanol–water partition coefficient (Wildman–Crippen LogP) is 3.66. The van der Waals surface area contributed by atoms with E-state index < -0.39 is 0 Å². The Labute approximate surface area is 95.6 Å². The van der Waals surface area contributed by atoms with Crippen LogP contribution in [0, 0.1) is 0 Å². The molecule has 14 heavy (non-hydrogen) atoms. The molecule has 1 heterocycles. The molecule has 0 spiro atoms. The molecule has 1 aromatic heterocycles. The second-order valence-electron chi connectivity index (χ2n) is 2.64. The number of halogens is 2. The highest BCUT2D eigenvalue weighted by atomic mass is 35.5. The maximum atomic E-state index is 6.00. The second kappa shape index (κ2) is 3.93. The van der Waals surface area contributed by atoms with E-state index in [-0.39, 0.29) is 0 Å². The van der Waals surface area contributed by atoms with Crippen LogP contribution in [0.5, 0.6) is 0 Å². The summed E-state index contributed by atoms with van der Waals surface area (Å²) in [5, 5.41) is 2.47. The maximum Gasteiger partial charge on any atom is 0.189 e. The molecule has 1 aromatic carbocycles. The number of hydrogen-bond acceptors (Lipinski definition) is 3. The summed E-state index contributed by atoms with van der Waals surface area (Å²) in [5.74, 6) is 0. The first-order valence-corrected chi connectivity index (χ1v) is 5.86. The predicted molar refractivity (Wildman–Crippen MR) is 61.3 cm³/mol. The van der Waals surface area contributed by atoms with E-state index in [0.717, 1.165) is 5.39 Å². The van der Waals surface area contributed by atoms with Gasteiger partial charge in [0.05, 0.1) is 10.5 Å². The average molecular weight is 245 g/mol. The number of rotatable bonds is 1. The van der Waals surface area contributed by atoms with Gasteiger partial charge in [0.2, 0.25) is 0 Å². The van der Waals surface area contributed by atoms with E-state index in [1.165, 1.54) is 11.8 Å². The van der Waals surface area contributed by atoms with Crippen LogP contribution >= 0.6 is 35.0 Å². The van der Waals surface area contributed by atoms with E-state index in [2.05, 4.69) is 9.97 Å². The number of aromatic nitrogens is 2. The van der Waals surface area contributed by atoms with E-state index in [1.807, 2.05) is 18.4 Å². The highest BCUT2D eigenvalue weighted by Gasteiger charge is 2.07. The summed E-state index contributed by atoms with van der Waals surface area (Å²) in [5.41, 5.74) is 0.707. The van der Waals surface area contributed by atoms with Crippen molar-refractivity contribution in [3.63, 3.8) is 0 Å². The minimum absolute atomic E-state index is 0.446. The third-order valence-corrected chi connectivity index (χ3v) is 2.93. The van der Waals surface area contributed by atoms with Crippen molar-refractivity contribution in [3.8, 4) is 0 Å². The van der Waals surface area contributed by atoms with Gasteiger partial charge in [-0.2, -0.15) is 0 Å². The lowest BCUT2D eigenvalue weighted by Crippen LogP contribution is -1.89. The number of para-hydroxylation sites is 1. The number of hydrogen-bond donors (Lipinski definition) is 0. The monoisotopic (exact) mass is 244 g/mol. The molecule has 5 heteroatoms. The molecule has 0 amide bonds. The largest absolute Gasteiger partial charge is 0.221 e. The normalized spacial score (nSPS) is 10.8. The Morgan fingerprint density at radius 3 is 2.71 bits per heavy atom. The third kappa shape index (κ3) is 1.67. The quantitative estimate of drug-likeness (QED) is 0.435. The van der Waals surface area contributed by atoms with Gasteiger partial charge in [-0.25, -0.2) is 9.97 Å². The Morgan fingerprint density at radius 2 is 2.00 bits per heavy atom. The van der Waals surface area contributed by atoms with Gasteiger partial charge in [-0.05, 0) is 18.4 Å². The van der Waals surface area contributed by atoms with E-state index in [0.29, 0.717) is 20.8 Å². The van der Waals surface area contributed by atoms with Gasteiger partial charge < -0.3 is 0 Å². The molecule has 0 aliphatic heterocycles. The molecule has 0 fully saturated rings. The Bertz CT molecular complexity index is 487. The molecule has 2 aromatic rings. The summed E-state index contributed by atoms with van der Waals surface area (Å²) in [6.45, 7) is 0. The van der Waals surface area contributed by atoms with Crippen LogP contribution in [0.1, 0.15) is 0 Å². The molecule has 0 saturated carbocycles. The minimum Gasteiger partial charge on any atom is -0.221 e. The molecular formula is C9H6Cl2N2S. The van der Waals surface area contributed by atoms with E-state index in [9.17, 15) is 0 Å². The molecule has 0 bridgehead atoms. The molecular weight excluding hydrogens is 239 g/mol. The number of thioether (sulfide) groups is 1. The minimum atomic E-state index is 0.446. The Morgan fingerprint density at radius 1 is 1.21 bits per heavy atom. The average Bonchev–Trinajstić information content (AvgIpc) is 2.19. The molecule has 0 saturated heterocycles. The highest BCUT2D eigenvalue weighted by molar-refractivity contribution is 7.98. The summed E-state index contributed by atoms with van der Waals surface area (Å²) >= 11 is 13.4. The molecule has 0 aliphatic carbocycles. The SMILES string of the molecule is CSc1nc(Cl)c2cccc(Cl)c2n1. The first-order chi connectivity index (χ1) is 6.72. The van der Waals surface area contributed by atoms with Crippen molar-refractivity contribution in [2.75, 3.05) is 6.26 Å². The summed E-state index contributed by atoms with van der Waals surface area (Å²) in [7, 11) is 0. The molecule has 2 rings (SSSR count). The maximum absolute atomic E-state index is 6.00. The van der Waals surface area contributed by atoms with Gasteiger partial charge >= 0.3 is 0 Å². The standard InChI is InChI=1S/C9H6Cl2N2S/c1-14-9-12-7-5(8(11)13-9)3-2-4-6(7)10/h2-4H,1H3. The molecule has 0 aliphatic rings. The molecule has 0 radical (unpaired) electrons. The van der Waals surface area contributed by atoms with Crippen molar-refractivity contribution < 1.29 is 0 Å². The first kappa shape index (κ1) is 10.0. The number of nitrogens with zero attached hydrogens (tertiary/aromatic N) is 2.